The summed E-state index contributed by atoms with van der Waals surface area (Å²) in [5, 5.41) is 9.85. The van der Waals surface area contributed by atoms with E-state index in [1.165, 1.54) is 0 Å². The number of piperazine rings is 1. The average molecular weight is 414 g/mol. The van der Waals surface area contributed by atoms with Crippen LogP contribution in [0, 0.1) is 13.8 Å². The highest BCUT2D eigenvalue weighted by Crippen LogP contribution is 2.26. The number of aromatic nitrogens is 4. The molecule has 2 aromatic heterocycles. The van der Waals surface area contributed by atoms with Gasteiger partial charge in [-0.25, -0.2) is 23.2 Å². The second kappa shape index (κ2) is 7.45. The summed E-state index contributed by atoms with van der Waals surface area (Å²) in [5.41, 5.74) is 2.56. The van der Waals surface area contributed by atoms with Gasteiger partial charge in [0.15, 0.2) is 5.82 Å². The number of hydrogen-bond acceptors (Lipinski definition) is 7. The minimum atomic E-state index is -3.77. The van der Waals surface area contributed by atoms with Crippen molar-refractivity contribution < 1.29 is 8.42 Å². The first-order valence-corrected chi connectivity index (χ1v) is 10.8. The second-order valence-electron chi connectivity index (χ2n) is 7.06. The zero-order valence-corrected chi connectivity index (χ0v) is 17.2. The van der Waals surface area contributed by atoms with Gasteiger partial charge in [-0.05, 0) is 32.0 Å². The molecule has 3 aromatic rings. The molecule has 29 heavy (non-hydrogen) atoms. The molecule has 4 rings (SSSR count). The summed E-state index contributed by atoms with van der Waals surface area (Å²) in [6.07, 6.45) is 3.44. The van der Waals surface area contributed by atoms with Crippen molar-refractivity contribution in [1.82, 2.24) is 19.7 Å². The maximum absolute atomic E-state index is 11.9. The van der Waals surface area contributed by atoms with Crippen LogP contribution in [0.25, 0.3) is 5.82 Å². The monoisotopic (exact) mass is 413 g/mol. The van der Waals surface area contributed by atoms with Crippen LogP contribution in [0.5, 0.6) is 0 Å². The SMILES string of the molecule is Cc1cc(C)n(-c2cncc(N3CCN(c4ccccc4S(N)(=O)=O)CC3)n2)n1. The minimum absolute atomic E-state index is 0.153. The molecular formula is C19H23N7O2S. The third-order valence-electron chi connectivity index (χ3n) is 4.95. The molecule has 1 aliphatic rings. The molecule has 1 aliphatic heterocycles. The molecular weight excluding hydrogens is 390 g/mol. The number of hydrogen-bond donors (Lipinski definition) is 1. The van der Waals surface area contributed by atoms with E-state index < -0.39 is 10.0 Å². The highest BCUT2D eigenvalue weighted by Gasteiger charge is 2.23. The Morgan fingerprint density at radius 3 is 2.28 bits per heavy atom. The zero-order valence-electron chi connectivity index (χ0n) is 16.4. The van der Waals surface area contributed by atoms with Crippen molar-refractivity contribution in [3.63, 3.8) is 0 Å². The van der Waals surface area contributed by atoms with E-state index in [-0.39, 0.29) is 4.90 Å². The van der Waals surface area contributed by atoms with E-state index >= 15 is 0 Å². The molecule has 10 heteroatoms. The molecule has 3 heterocycles. The molecule has 0 spiro atoms. The van der Waals surface area contributed by atoms with Crippen LogP contribution in [-0.2, 0) is 10.0 Å². The molecule has 0 radical (unpaired) electrons. The Morgan fingerprint density at radius 2 is 1.62 bits per heavy atom. The van der Waals surface area contributed by atoms with Crippen LogP contribution in [0.1, 0.15) is 11.4 Å². The molecule has 152 valence electrons. The molecule has 0 bridgehead atoms. The van der Waals surface area contributed by atoms with E-state index in [1.54, 1.807) is 35.3 Å². The van der Waals surface area contributed by atoms with Gasteiger partial charge in [0.1, 0.15) is 10.7 Å². The number of aryl methyl sites for hydroxylation is 2. The summed E-state index contributed by atoms with van der Waals surface area (Å²) < 4.78 is 25.6. The number of primary sulfonamides is 1. The lowest BCUT2D eigenvalue weighted by atomic mass is 10.2. The van der Waals surface area contributed by atoms with Crippen LogP contribution < -0.4 is 14.9 Å². The van der Waals surface area contributed by atoms with Gasteiger partial charge in [0.05, 0.1) is 23.8 Å². The number of anilines is 2. The van der Waals surface area contributed by atoms with Gasteiger partial charge in [-0.3, -0.25) is 4.98 Å². The number of nitrogens with two attached hydrogens (primary N) is 1. The normalized spacial score (nSPS) is 15.0. The fourth-order valence-electron chi connectivity index (χ4n) is 3.60. The van der Waals surface area contributed by atoms with Crippen molar-refractivity contribution in [2.24, 2.45) is 5.14 Å². The Morgan fingerprint density at radius 1 is 0.966 bits per heavy atom. The Kier molecular flexibility index (Phi) is 4.97. The van der Waals surface area contributed by atoms with E-state index in [0.29, 0.717) is 37.7 Å². The Balaban J connectivity index is 1.53. The quantitative estimate of drug-likeness (QED) is 0.685. The van der Waals surface area contributed by atoms with Crippen molar-refractivity contribution in [2.45, 2.75) is 18.7 Å². The van der Waals surface area contributed by atoms with E-state index in [9.17, 15) is 8.42 Å². The van der Waals surface area contributed by atoms with Gasteiger partial charge in [-0.2, -0.15) is 5.10 Å². The summed E-state index contributed by atoms with van der Waals surface area (Å²) in [5.74, 6) is 1.45. The van der Waals surface area contributed by atoms with Crippen LogP contribution >= 0.6 is 0 Å². The molecule has 2 N–H and O–H groups in total. The number of benzene rings is 1. The summed E-state index contributed by atoms with van der Waals surface area (Å²) in [4.78, 5) is 13.4. The van der Waals surface area contributed by atoms with Crippen LogP contribution in [0.2, 0.25) is 0 Å². The largest absolute Gasteiger partial charge is 0.367 e. The minimum Gasteiger partial charge on any atom is -0.367 e. The molecule has 0 saturated carbocycles. The van der Waals surface area contributed by atoms with Gasteiger partial charge in [-0.15, -0.1) is 0 Å². The lowest BCUT2D eigenvalue weighted by molar-refractivity contribution is 0.595. The van der Waals surface area contributed by atoms with Gasteiger partial charge in [0.2, 0.25) is 10.0 Å². The molecule has 0 unspecified atom stereocenters. The zero-order chi connectivity index (χ0) is 20.6. The third kappa shape index (κ3) is 3.94. The first-order chi connectivity index (χ1) is 13.8. The second-order valence-corrected chi connectivity index (χ2v) is 8.59. The van der Waals surface area contributed by atoms with E-state index in [4.69, 9.17) is 10.1 Å². The number of para-hydroxylation sites is 1. The topological polar surface area (TPSA) is 110 Å². The summed E-state index contributed by atoms with van der Waals surface area (Å²) in [6, 6.07) is 8.83. The molecule has 1 aromatic carbocycles. The van der Waals surface area contributed by atoms with Crippen molar-refractivity contribution in [1.29, 1.82) is 0 Å². The maximum Gasteiger partial charge on any atom is 0.240 e. The molecule has 1 fully saturated rings. The predicted molar refractivity (Wildman–Crippen MR) is 111 cm³/mol. The molecule has 0 aliphatic carbocycles. The summed E-state index contributed by atoms with van der Waals surface area (Å²) in [7, 11) is -3.77. The fraction of sp³-hybridized carbons (Fsp3) is 0.316. The smallest absolute Gasteiger partial charge is 0.240 e. The fourth-order valence-corrected chi connectivity index (χ4v) is 4.35. The number of nitrogens with zero attached hydrogens (tertiary/aromatic N) is 6. The highest BCUT2D eigenvalue weighted by molar-refractivity contribution is 7.89. The summed E-state index contributed by atoms with van der Waals surface area (Å²) in [6.45, 7) is 6.61. The van der Waals surface area contributed by atoms with Crippen LogP contribution in [0.15, 0.2) is 47.6 Å². The van der Waals surface area contributed by atoms with Crippen molar-refractivity contribution >= 4 is 21.5 Å². The van der Waals surface area contributed by atoms with Gasteiger partial charge >= 0.3 is 0 Å². The van der Waals surface area contributed by atoms with Gasteiger partial charge in [0, 0.05) is 31.9 Å². The first kappa shape index (κ1) is 19.3. The standard InChI is InChI=1S/C19H23N7O2S/c1-14-11-15(2)26(23-14)19-13-21-12-18(22-19)25-9-7-24(8-10-25)16-5-3-4-6-17(16)29(20,27)28/h3-6,11-13H,7-10H2,1-2H3,(H2,20,27,28). The number of rotatable bonds is 4. The van der Waals surface area contributed by atoms with Crippen LogP contribution in [0.3, 0.4) is 0 Å². The van der Waals surface area contributed by atoms with Crippen molar-refractivity contribution in [3.05, 3.63) is 54.1 Å². The lowest BCUT2D eigenvalue weighted by Gasteiger charge is -2.37. The number of sulfonamides is 1. The van der Waals surface area contributed by atoms with Gasteiger partial charge in [-0.1, -0.05) is 12.1 Å². The first-order valence-electron chi connectivity index (χ1n) is 9.30. The third-order valence-corrected chi connectivity index (χ3v) is 5.91. The van der Waals surface area contributed by atoms with E-state index in [0.717, 1.165) is 17.2 Å². The Hall–Kier alpha value is -2.98. The maximum atomic E-state index is 11.9. The Bertz CT molecular complexity index is 1130. The Labute approximate surface area is 169 Å². The van der Waals surface area contributed by atoms with E-state index in [1.807, 2.05) is 30.9 Å². The lowest BCUT2D eigenvalue weighted by Crippen LogP contribution is -2.47. The predicted octanol–water partition coefficient (Wildman–Crippen LogP) is 1.25. The molecule has 0 amide bonds. The average Bonchev–Trinajstić information content (AvgIpc) is 3.06. The van der Waals surface area contributed by atoms with Crippen molar-refractivity contribution in [3.8, 4) is 5.82 Å². The molecule has 0 atom stereocenters. The molecule has 9 nitrogen and oxygen atoms in total. The van der Waals surface area contributed by atoms with Crippen molar-refractivity contribution in [2.75, 3.05) is 36.0 Å². The molecule has 1 saturated heterocycles. The van der Waals surface area contributed by atoms with Gasteiger partial charge < -0.3 is 9.80 Å². The summed E-state index contributed by atoms with van der Waals surface area (Å²) >= 11 is 0. The highest BCUT2D eigenvalue weighted by atomic mass is 32.2. The van der Waals surface area contributed by atoms with Crippen LogP contribution in [-0.4, -0.2) is 54.3 Å². The van der Waals surface area contributed by atoms with E-state index in [2.05, 4.69) is 15.0 Å². The van der Waals surface area contributed by atoms with Crippen LogP contribution in [0.4, 0.5) is 11.5 Å². The van der Waals surface area contributed by atoms with Gasteiger partial charge in [0.25, 0.3) is 0 Å².